The van der Waals surface area contributed by atoms with Crippen molar-refractivity contribution in [1.29, 1.82) is 0 Å². The number of guanidine groups is 1. The Bertz CT molecular complexity index is 2700. The highest BCUT2D eigenvalue weighted by atomic mass is 32.1. The van der Waals surface area contributed by atoms with Crippen molar-refractivity contribution in [2.45, 2.75) is 153 Å². The minimum absolute atomic E-state index is 0.0580. The van der Waals surface area contributed by atoms with Gasteiger partial charge in [-0.1, -0.05) is 101 Å². The van der Waals surface area contributed by atoms with Crippen molar-refractivity contribution in [2.24, 2.45) is 39.8 Å². The number of benzene rings is 2. The largest absolute Gasteiger partial charge is 0.481 e. The number of primary amides is 1. The van der Waals surface area contributed by atoms with Gasteiger partial charge in [-0.25, -0.2) is 9.78 Å². The van der Waals surface area contributed by atoms with E-state index in [1.165, 1.54) is 12.5 Å². The molecule has 19 N–H and O–H groups in total. The molecule has 0 spiro atoms. The number of aromatic amines is 1. The van der Waals surface area contributed by atoms with Crippen molar-refractivity contribution < 1.29 is 63.0 Å². The van der Waals surface area contributed by atoms with Crippen LogP contribution in [0.1, 0.15) is 95.9 Å². The lowest BCUT2D eigenvalue weighted by Crippen LogP contribution is -2.62. The van der Waals surface area contributed by atoms with E-state index in [9.17, 15) is 57.8 Å². The second-order valence-corrected chi connectivity index (χ2v) is 20.6. The molecule has 0 fully saturated rings. The van der Waals surface area contributed by atoms with E-state index in [0.717, 1.165) is 0 Å². The number of carboxylic acid groups (broad SMARTS) is 2. The minimum Gasteiger partial charge on any atom is -0.481 e. The molecular formula is C55H81N15O13S. The molecule has 11 atom stereocenters. The third-order valence-corrected chi connectivity index (χ3v) is 14.1. The number of thiol groups is 1. The number of H-pyrrole nitrogens is 1. The van der Waals surface area contributed by atoms with Crippen LogP contribution in [0.3, 0.4) is 0 Å². The van der Waals surface area contributed by atoms with Crippen molar-refractivity contribution in [3.63, 3.8) is 0 Å². The molecule has 460 valence electrons. The van der Waals surface area contributed by atoms with Crippen molar-refractivity contribution in [3.8, 4) is 0 Å². The number of carbonyl (C=O) groups excluding carboxylic acids is 9. The summed E-state index contributed by atoms with van der Waals surface area (Å²) in [6.07, 6.45) is 1.65. The fourth-order valence-corrected chi connectivity index (χ4v) is 8.65. The Morgan fingerprint density at radius 2 is 1.00 bits per heavy atom. The zero-order chi connectivity index (χ0) is 62.5. The number of nitrogens with zero attached hydrogens (tertiary/aromatic N) is 2. The molecule has 3 rings (SSSR count). The van der Waals surface area contributed by atoms with E-state index < -0.39 is 144 Å². The van der Waals surface area contributed by atoms with Crippen LogP contribution in [0.4, 0.5) is 0 Å². The highest BCUT2D eigenvalue weighted by Gasteiger charge is 2.37. The van der Waals surface area contributed by atoms with Gasteiger partial charge in [0.2, 0.25) is 53.2 Å². The molecule has 0 radical (unpaired) electrons. The van der Waals surface area contributed by atoms with Crippen LogP contribution >= 0.6 is 12.6 Å². The summed E-state index contributed by atoms with van der Waals surface area (Å²) in [5.74, 6) is -12.1. The highest BCUT2D eigenvalue weighted by molar-refractivity contribution is 7.80. The number of carbonyl (C=O) groups is 11. The Morgan fingerprint density at radius 3 is 1.44 bits per heavy atom. The summed E-state index contributed by atoms with van der Waals surface area (Å²) in [4.78, 5) is 159. The average molecular weight is 1190 g/mol. The maximum atomic E-state index is 14.5. The van der Waals surface area contributed by atoms with E-state index in [0.29, 0.717) is 23.2 Å². The first-order valence-corrected chi connectivity index (χ1v) is 28.1. The number of carboxylic acids is 2. The summed E-state index contributed by atoms with van der Waals surface area (Å²) in [7, 11) is 0. The number of aliphatic carboxylic acids is 2. The van der Waals surface area contributed by atoms with Crippen LogP contribution < -0.4 is 65.5 Å². The number of aliphatic imine (C=N–C) groups is 1. The van der Waals surface area contributed by atoms with E-state index in [2.05, 4.69) is 70.1 Å². The van der Waals surface area contributed by atoms with Gasteiger partial charge in [0.05, 0.1) is 12.4 Å². The standard InChI is InChI=1S/C55H81N15O13S/c1-5-30(3)44(70-51(79)41(28-84)68-49(77)38(24-32-14-9-7-10-15-32)65-46(74)35(56)19-22-43(72)73)52(80)63-36(20-21-42(57)71)47(75)69-45(31(4)6-2)53(81)67-40(26-34-27-60-29-62-34)50(78)66-39(25-33-16-11-8-12-17-33)48(76)64-37(54(82)83)18-13-23-61-55(58)59/h7-12,14-17,27,29-31,35-41,44-45,84H,5-6,13,18-26,28,56H2,1-4H3,(H2,57,71)(H,60,62)(H,63,80)(H,64,76)(H,65,74)(H,66,78)(H,67,81)(H,68,77)(H,69,75)(H,70,79)(H,72,73)(H,82,83)(H4,58,59,61)/t30-,31-,35-,36-,37-,38-,39-,40-,41-,44-,45-/m0/s1. The number of hydrogen-bond donors (Lipinski definition) is 16. The first-order valence-electron chi connectivity index (χ1n) is 27.5. The molecule has 0 saturated carbocycles. The van der Waals surface area contributed by atoms with Crippen LogP contribution in [-0.2, 0) is 72.0 Å². The Hall–Kier alpha value is -8.60. The van der Waals surface area contributed by atoms with Gasteiger partial charge >= 0.3 is 11.9 Å². The molecule has 0 aliphatic heterocycles. The zero-order valence-electron chi connectivity index (χ0n) is 47.5. The van der Waals surface area contributed by atoms with Crippen molar-refractivity contribution in [1.82, 2.24) is 52.5 Å². The SMILES string of the molecule is CC[C@H](C)[C@H](NC(=O)[C@H](CCC(N)=O)NC(=O)[C@@H](NC(=O)[C@H](CS)NC(=O)[C@H](Cc1ccccc1)NC(=O)[C@@H](N)CCC(=O)O)[C@@H](C)CC)C(=O)N[C@@H](Cc1cnc[nH]1)C(=O)N[C@@H](Cc1ccccc1)C(=O)N[C@@H](CCCN=C(N)N)C(=O)O. The summed E-state index contributed by atoms with van der Waals surface area (Å²) >= 11 is 4.29. The number of aromatic nitrogens is 2. The first-order chi connectivity index (χ1) is 39.9. The van der Waals surface area contributed by atoms with Crippen molar-refractivity contribution in [2.75, 3.05) is 12.3 Å². The lowest BCUT2D eigenvalue weighted by Gasteiger charge is -2.30. The van der Waals surface area contributed by atoms with E-state index in [-0.39, 0.29) is 69.6 Å². The summed E-state index contributed by atoms with van der Waals surface area (Å²) in [6.45, 7) is 6.83. The van der Waals surface area contributed by atoms with Gasteiger partial charge in [-0.2, -0.15) is 12.6 Å². The Morgan fingerprint density at radius 1 is 0.560 bits per heavy atom. The third kappa shape index (κ3) is 24.5. The van der Waals surface area contributed by atoms with Gasteiger partial charge in [0, 0.05) is 56.3 Å². The van der Waals surface area contributed by atoms with Crippen LogP contribution in [0.5, 0.6) is 0 Å². The van der Waals surface area contributed by atoms with Crippen molar-refractivity contribution in [3.05, 3.63) is 90.0 Å². The molecule has 0 unspecified atom stereocenters. The zero-order valence-corrected chi connectivity index (χ0v) is 48.4. The van der Waals surface area contributed by atoms with Gasteiger partial charge in [0.1, 0.15) is 48.3 Å². The van der Waals surface area contributed by atoms with Crippen LogP contribution in [0.25, 0.3) is 0 Å². The second kappa shape index (κ2) is 36.1. The van der Waals surface area contributed by atoms with Gasteiger partial charge in [-0.15, -0.1) is 0 Å². The number of imidazole rings is 1. The van der Waals surface area contributed by atoms with Crippen LogP contribution in [0.2, 0.25) is 0 Å². The Labute approximate surface area is 492 Å². The minimum atomic E-state index is -1.56. The lowest BCUT2D eigenvalue weighted by molar-refractivity contribution is -0.142. The first kappa shape index (κ1) is 69.7. The fourth-order valence-electron chi connectivity index (χ4n) is 8.39. The van der Waals surface area contributed by atoms with Gasteiger partial charge < -0.3 is 80.7 Å². The van der Waals surface area contributed by atoms with Crippen LogP contribution in [0, 0.1) is 11.8 Å². The molecule has 0 saturated heterocycles. The highest BCUT2D eigenvalue weighted by Crippen LogP contribution is 2.15. The maximum absolute atomic E-state index is 14.5. The average Bonchev–Trinajstić information content (AvgIpc) is 3.97. The molecule has 28 nitrogen and oxygen atoms in total. The molecule has 0 aliphatic carbocycles. The van der Waals surface area contributed by atoms with Crippen molar-refractivity contribution >= 4 is 83.7 Å². The topological polar surface area (TPSA) is 470 Å². The maximum Gasteiger partial charge on any atom is 0.326 e. The van der Waals surface area contributed by atoms with E-state index >= 15 is 0 Å². The fraction of sp³-hybridized carbons (Fsp3) is 0.509. The molecule has 0 bridgehead atoms. The van der Waals surface area contributed by atoms with Gasteiger partial charge in [-0.3, -0.25) is 52.9 Å². The molecule has 3 aromatic rings. The Kier molecular flexibility index (Phi) is 29.9. The van der Waals surface area contributed by atoms with E-state index in [1.54, 1.807) is 88.4 Å². The predicted molar refractivity (Wildman–Crippen MR) is 312 cm³/mol. The molecule has 2 aromatic carbocycles. The molecule has 9 amide bonds. The Balaban J connectivity index is 1.90. The molecule has 84 heavy (non-hydrogen) atoms. The number of rotatable bonds is 38. The number of hydrogen-bond acceptors (Lipinski definition) is 15. The molecule has 29 heteroatoms. The van der Waals surface area contributed by atoms with Gasteiger partial charge in [0.15, 0.2) is 5.96 Å². The molecule has 1 heterocycles. The van der Waals surface area contributed by atoms with Crippen LogP contribution in [0.15, 0.2) is 78.2 Å². The third-order valence-electron chi connectivity index (χ3n) is 13.7. The van der Waals surface area contributed by atoms with E-state index in [4.69, 9.17) is 28.0 Å². The lowest BCUT2D eigenvalue weighted by atomic mass is 9.95. The molecule has 1 aromatic heterocycles. The number of amides is 9. The molecular weight excluding hydrogens is 1110 g/mol. The number of nitrogens with one attached hydrogen (secondary N) is 9. The molecule has 0 aliphatic rings. The predicted octanol–water partition coefficient (Wildman–Crippen LogP) is -2.07. The normalized spacial score (nSPS) is 14.9. The monoisotopic (exact) mass is 1190 g/mol. The second-order valence-electron chi connectivity index (χ2n) is 20.3. The van der Waals surface area contributed by atoms with E-state index in [1.807, 2.05) is 0 Å². The summed E-state index contributed by atoms with van der Waals surface area (Å²) in [6, 6.07) is 4.54. The quantitative estimate of drug-likeness (QED) is 0.0127. The summed E-state index contributed by atoms with van der Waals surface area (Å²) in [5.41, 5.74) is 23.8. The number of nitrogens with two attached hydrogens (primary N) is 4. The van der Waals surface area contributed by atoms with Crippen LogP contribution in [-0.4, -0.2) is 158 Å². The van der Waals surface area contributed by atoms with Gasteiger partial charge in [0.25, 0.3) is 0 Å². The van der Waals surface area contributed by atoms with Gasteiger partial charge in [-0.05, 0) is 48.6 Å². The summed E-state index contributed by atoms with van der Waals surface area (Å²) in [5, 5.41) is 39.9. The smallest absolute Gasteiger partial charge is 0.326 e. The summed E-state index contributed by atoms with van der Waals surface area (Å²) < 4.78 is 0.